The summed E-state index contributed by atoms with van der Waals surface area (Å²) in [6.45, 7) is 4.15. The molecule has 0 aliphatic carbocycles. The van der Waals surface area contributed by atoms with Crippen LogP contribution in [0, 0.1) is 13.8 Å². The Hall–Kier alpha value is -3.52. The number of nitrogen functional groups attached to an aromatic ring is 2. The summed E-state index contributed by atoms with van der Waals surface area (Å²) in [5.74, 6) is 0. The van der Waals surface area contributed by atoms with Crippen molar-refractivity contribution in [1.82, 2.24) is 0 Å². The van der Waals surface area contributed by atoms with E-state index in [1.807, 2.05) is 12.1 Å². The molecule has 0 aromatic heterocycles. The van der Waals surface area contributed by atoms with Gasteiger partial charge in [0.15, 0.2) is 0 Å². The lowest BCUT2D eigenvalue weighted by atomic mass is 9.98. The van der Waals surface area contributed by atoms with Gasteiger partial charge in [-0.05, 0) is 122 Å². The third-order valence-electron chi connectivity index (χ3n) is 7.30. The van der Waals surface area contributed by atoms with Gasteiger partial charge < -0.3 is 11.5 Å². The Morgan fingerprint density at radius 2 is 0.667 bits per heavy atom. The van der Waals surface area contributed by atoms with Gasteiger partial charge in [-0.25, -0.2) is 0 Å². The maximum absolute atomic E-state index is 5.94. The smallest absolute Gasteiger partial charge is 0.0343 e. The first-order valence-electron chi connectivity index (χ1n) is 13.3. The third-order valence-corrected chi connectivity index (χ3v) is 7.30. The number of nitrogens with two attached hydrogens (primary N) is 2. The Morgan fingerprint density at radius 1 is 0.389 bits per heavy atom. The lowest BCUT2D eigenvalue weighted by Gasteiger charge is -2.08. The van der Waals surface area contributed by atoms with Crippen LogP contribution in [0.2, 0.25) is 0 Å². The van der Waals surface area contributed by atoms with Crippen LogP contribution in [-0.2, 0) is 38.5 Å². The van der Waals surface area contributed by atoms with E-state index in [4.69, 9.17) is 11.5 Å². The molecule has 0 fully saturated rings. The first kappa shape index (κ1) is 25.6. The van der Waals surface area contributed by atoms with Crippen molar-refractivity contribution in [3.63, 3.8) is 0 Å². The number of hydrogen-bond acceptors (Lipinski definition) is 2. The zero-order valence-corrected chi connectivity index (χ0v) is 21.9. The van der Waals surface area contributed by atoms with E-state index in [9.17, 15) is 0 Å². The topological polar surface area (TPSA) is 52.0 Å². The molecule has 186 valence electrons. The van der Waals surface area contributed by atoms with Gasteiger partial charge in [-0.2, -0.15) is 0 Å². The molecule has 4 N–H and O–H groups in total. The van der Waals surface area contributed by atoms with Crippen molar-refractivity contribution in [2.24, 2.45) is 0 Å². The van der Waals surface area contributed by atoms with Gasteiger partial charge in [-0.15, -0.1) is 0 Å². The summed E-state index contributed by atoms with van der Waals surface area (Å²) in [6, 6.07) is 31.2. The number of benzene rings is 4. The van der Waals surface area contributed by atoms with Gasteiger partial charge in [0.1, 0.15) is 0 Å². The second kappa shape index (κ2) is 12.4. The summed E-state index contributed by atoms with van der Waals surface area (Å²) < 4.78 is 0. The van der Waals surface area contributed by atoms with Gasteiger partial charge in [0.25, 0.3) is 0 Å². The highest BCUT2D eigenvalue weighted by Crippen LogP contribution is 2.18. The quantitative estimate of drug-likeness (QED) is 0.173. The van der Waals surface area contributed by atoms with Gasteiger partial charge in [0.2, 0.25) is 0 Å². The highest BCUT2D eigenvalue weighted by molar-refractivity contribution is 5.48. The van der Waals surface area contributed by atoms with Crippen LogP contribution in [0.25, 0.3) is 0 Å². The van der Waals surface area contributed by atoms with Gasteiger partial charge in [-0.1, -0.05) is 72.8 Å². The van der Waals surface area contributed by atoms with E-state index < -0.39 is 0 Å². The van der Waals surface area contributed by atoms with E-state index in [1.165, 1.54) is 57.3 Å². The van der Waals surface area contributed by atoms with Gasteiger partial charge in [0, 0.05) is 11.4 Å². The summed E-state index contributed by atoms with van der Waals surface area (Å²) in [6.07, 6.45) is 9.00. The maximum atomic E-state index is 5.94. The van der Waals surface area contributed by atoms with E-state index in [0.29, 0.717) is 0 Å². The average Bonchev–Trinajstić information content (AvgIpc) is 2.89. The molecular formula is C34H40N2. The van der Waals surface area contributed by atoms with Crippen molar-refractivity contribution in [2.75, 3.05) is 11.5 Å². The largest absolute Gasteiger partial charge is 0.399 e. The predicted molar refractivity (Wildman–Crippen MR) is 156 cm³/mol. The Bertz CT molecular complexity index is 1150. The summed E-state index contributed by atoms with van der Waals surface area (Å²) in [5, 5.41) is 0. The number of aryl methyl sites for hydroxylation is 8. The van der Waals surface area contributed by atoms with Crippen LogP contribution >= 0.6 is 0 Å². The van der Waals surface area contributed by atoms with Gasteiger partial charge in [0.05, 0.1) is 0 Å². The fourth-order valence-electron chi connectivity index (χ4n) is 4.77. The second-order valence-electron chi connectivity index (χ2n) is 10.2. The zero-order chi connectivity index (χ0) is 25.3. The first-order chi connectivity index (χ1) is 17.5. The van der Waals surface area contributed by atoms with E-state index >= 15 is 0 Å². The minimum absolute atomic E-state index is 0.876. The predicted octanol–water partition coefficient (Wildman–Crippen LogP) is 7.60. The van der Waals surface area contributed by atoms with E-state index in [1.54, 1.807) is 0 Å². The summed E-state index contributed by atoms with van der Waals surface area (Å²) in [7, 11) is 0. The zero-order valence-electron chi connectivity index (χ0n) is 21.9. The van der Waals surface area contributed by atoms with Crippen LogP contribution < -0.4 is 11.5 Å². The monoisotopic (exact) mass is 476 g/mol. The van der Waals surface area contributed by atoms with Crippen LogP contribution in [0.3, 0.4) is 0 Å². The van der Waals surface area contributed by atoms with Crippen LogP contribution in [0.1, 0.15) is 57.3 Å². The molecule has 0 heterocycles. The van der Waals surface area contributed by atoms with Gasteiger partial charge >= 0.3 is 0 Å². The summed E-state index contributed by atoms with van der Waals surface area (Å²) >= 11 is 0. The van der Waals surface area contributed by atoms with E-state index in [0.717, 1.165) is 49.9 Å². The number of anilines is 2. The molecule has 0 amide bonds. The molecule has 0 aliphatic rings. The fraction of sp³-hybridized carbons (Fsp3) is 0.294. The lowest BCUT2D eigenvalue weighted by molar-refractivity contribution is 0.733. The summed E-state index contributed by atoms with van der Waals surface area (Å²) in [4.78, 5) is 0. The molecule has 0 saturated carbocycles. The molecule has 0 atom stereocenters. The van der Waals surface area contributed by atoms with Crippen molar-refractivity contribution in [1.29, 1.82) is 0 Å². The van der Waals surface area contributed by atoms with Crippen LogP contribution in [0.4, 0.5) is 11.4 Å². The molecule has 0 unspecified atom stereocenters. The molecule has 0 aliphatic heterocycles. The molecule has 4 rings (SSSR count). The Balaban J connectivity index is 1.15. The Kier molecular flexibility index (Phi) is 8.84. The standard InChI is InChI=1S/C34H40N2/c1-25-23-31(19-21-33(25)35)17-15-29-11-7-27(8-12-29)5-3-4-6-28-9-13-30(14-10-28)16-18-32-20-22-34(36)26(2)24-32/h7-14,19-24H,3-6,15-18,35-36H2,1-2H3. The molecule has 36 heavy (non-hydrogen) atoms. The molecule has 4 aromatic rings. The van der Waals surface area contributed by atoms with Crippen LogP contribution in [0.5, 0.6) is 0 Å². The van der Waals surface area contributed by atoms with E-state index in [-0.39, 0.29) is 0 Å². The van der Waals surface area contributed by atoms with Gasteiger partial charge in [-0.3, -0.25) is 0 Å². The third kappa shape index (κ3) is 7.49. The molecule has 2 nitrogen and oxygen atoms in total. The minimum atomic E-state index is 0.876. The molecule has 2 heteroatoms. The van der Waals surface area contributed by atoms with E-state index in [2.05, 4.69) is 86.6 Å². The van der Waals surface area contributed by atoms with Crippen molar-refractivity contribution in [3.8, 4) is 0 Å². The fourth-order valence-corrected chi connectivity index (χ4v) is 4.77. The van der Waals surface area contributed by atoms with Crippen molar-refractivity contribution < 1.29 is 0 Å². The highest BCUT2D eigenvalue weighted by atomic mass is 14.6. The minimum Gasteiger partial charge on any atom is -0.399 e. The first-order valence-corrected chi connectivity index (χ1v) is 13.3. The number of hydrogen-bond donors (Lipinski definition) is 2. The molecule has 4 aromatic carbocycles. The van der Waals surface area contributed by atoms with Crippen LogP contribution in [-0.4, -0.2) is 0 Å². The van der Waals surface area contributed by atoms with Crippen molar-refractivity contribution in [2.45, 2.75) is 65.2 Å². The molecule has 0 spiro atoms. The Labute approximate surface area is 217 Å². The molecule has 0 saturated heterocycles. The molecule has 0 bridgehead atoms. The summed E-state index contributed by atoms with van der Waals surface area (Å²) in [5.41, 5.74) is 24.4. The van der Waals surface area contributed by atoms with Crippen molar-refractivity contribution >= 4 is 11.4 Å². The molecule has 0 radical (unpaired) electrons. The highest BCUT2D eigenvalue weighted by Gasteiger charge is 2.02. The SMILES string of the molecule is Cc1cc(CCc2ccc(CCCCc3ccc(CCc4ccc(N)c(C)c4)cc3)cc2)ccc1N. The Morgan fingerprint density at radius 3 is 1.00 bits per heavy atom. The number of unbranched alkanes of at least 4 members (excludes halogenated alkanes) is 1. The lowest BCUT2D eigenvalue weighted by Crippen LogP contribution is -1.96. The number of rotatable bonds is 11. The van der Waals surface area contributed by atoms with Crippen molar-refractivity contribution in [3.05, 3.63) is 129 Å². The second-order valence-corrected chi connectivity index (χ2v) is 10.2. The normalized spacial score (nSPS) is 11.1. The average molecular weight is 477 g/mol. The maximum Gasteiger partial charge on any atom is 0.0343 e. The van der Waals surface area contributed by atoms with Crippen LogP contribution in [0.15, 0.2) is 84.9 Å². The molecular weight excluding hydrogens is 436 g/mol.